The number of hydrogen-bond acceptors (Lipinski definition) is 2. The lowest BCUT2D eigenvalue weighted by atomic mass is 10.0. The number of thioether (sulfide) groups is 1. The largest absolute Gasteiger partial charge is 0.480 e. The first-order valence-electron chi connectivity index (χ1n) is 4.02. The van der Waals surface area contributed by atoms with E-state index in [9.17, 15) is 4.79 Å². The fourth-order valence-corrected chi connectivity index (χ4v) is 2.49. The minimum atomic E-state index is -0.649. The van der Waals surface area contributed by atoms with Crippen LogP contribution in [0, 0.1) is 0 Å². The van der Waals surface area contributed by atoms with Crippen LogP contribution >= 0.6 is 11.8 Å². The second kappa shape index (κ2) is 3.48. The highest BCUT2D eigenvalue weighted by Crippen LogP contribution is 2.34. The summed E-state index contributed by atoms with van der Waals surface area (Å²) in [4.78, 5) is 10.8. The molecule has 1 atom stereocenters. The summed E-state index contributed by atoms with van der Waals surface area (Å²) in [6.07, 6.45) is 4.26. The number of carbonyl (C=O) groups is 1. The minimum absolute atomic E-state index is 0.503. The predicted octanol–water partition coefficient (Wildman–Crippen LogP) is 2.14. The molecule has 0 aromatic carbocycles. The zero-order valence-corrected chi connectivity index (χ0v) is 7.62. The second-order valence-corrected chi connectivity index (χ2v) is 4.79. The van der Waals surface area contributed by atoms with Crippen LogP contribution in [-0.4, -0.2) is 21.6 Å². The normalized spacial score (nSPS) is 32.8. The third kappa shape index (κ3) is 2.12. The van der Waals surface area contributed by atoms with Crippen LogP contribution in [0.3, 0.4) is 0 Å². The molecule has 1 aliphatic rings. The molecular weight excluding hydrogens is 160 g/mol. The van der Waals surface area contributed by atoms with Gasteiger partial charge in [-0.15, -0.1) is 11.8 Å². The molecular formula is C8H14O2S. The highest BCUT2D eigenvalue weighted by atomic mass is 32.2. The van der Waals surface area contributed by atoms with Gasteiger partial charge in [-0.1, -0.05) is 12.8 Å². The molecule has 0 spiro atoms. The maximum absolute atomic E-state index is 10.8. The summed E-state index contributed by atoms with van der Waals surface area (Å²) in [6.45, 7) is 1.84. The zero-order chi connectivity index (χ0) is 8.32. The van der Waals surface area contributed by atoms with Crippen LogP contribution < -0.4 is 0 Å². The van der Waals surface area contributed by atoms with Gasteiger partial charge in [0.05, 0.1) is 0 Å². The second-order valence-electron chi connectivity index (χ2n) is 3.20. The summed E-state index contributed by atoms with van der Waals surface area (Å²) < 4.78 is -0.503. The molecule has 0 radical (unpaired) electrons. The summed E-state index contributed by atoms with van der Waals surface area (Å²) in [5.74, 6) is 0.354. The quantitative estimate of drug-likeness (QED) is 0.661. The molecule has 3 heteroatoms. The Morgan fingerprint density at radius 3 is 2.82 bits per heavy atom. The van der Waals surface area contributed by atoms with E-state index in [0.29, 0.717) is 0 Å². The van der Waals surface area contributed by atoms with Crippen LogP contribution in [0.4, 0.5) is 0 Å². The standard InChI is InChI=1S/C8H14O2S/c1-8(7(9)10)5-3-2-4-6-11-8/h2-6H2,1H3,(H,9,10). The van der Waals surface area contributed by atoms with E-state index in [-0.39, 0.29) is 0 Å². The molecule has 0 saturated carbocycles. The van der Waals surface area contributed by atoms with Crippen LogP contribution in [0.15, 0.2) is 0 Å². The van der Waals surface area contributed by atoms with E-state index in [1.807, 2.05) is 6.92 Å². The van der Waals surface area contributed by atoms with E-state index >= 15 is 0 Å². The van der Waals surface area contributed by atoms with Crippen LogP contribution in [0.25, 0.3) is 0 Å². The maximum Gasteiger partial charge on any atom is 0.319 e. The molecule has 11 heavy (non-hydrogen) atoms. The topological polar surface area (TPSA) is 37.3 Å². The van der Waals surface area contributed by atoms with Crippen molar-refractivity contribution in [2.75, 3.05) is 5.75 Å². The first-order valence-corrected chi connectivity index (χ1v) is 5.01. The van der Waals surface area contributed by atoms with Gasteiger partial charge in [0.25, 0.3) is 0 Å². The van der Waals surface area contributed by atoms with Gasteiger partial charge in [-0.25, -0.2) is 0 Å². The summed E-state index contributed by atoms with van der Waals surface area (Å²) in [7, 11) is 0. The summed E-state index contributed by atoms with van der Waals surface area (Å²) >= 11 is 1.59. The van der Waals surface area contributed by atoms with Gasteiger partial charge >= 0.3 is 5.97 Å². The van der Waals surface area contributed by atoms with E-state index in [1.54, 1.807) is 11.8 Å². The molecule has 1 rings (SSSR count). The first-order chi connectivity index (χ1) is 5.15. The molecule has 0 aliphatic carbocycles. The van der Waals surface area contributed by atoms with Gasteiger partial charge < -0.3 is 5.11 Å². The van der Waals surface area contributed by atoms with Crippen molar-refractivity contribution >= 4 is 17.7 Å². The van der Waals surface area contributed by atoms with Crippen LogP contribution in [0.1, 0.15) is 32.6 Å². The Hall–Kier alpha value is -0.180. The molecule has 1 aliphatic heterocycles. The molecule has 0 aromatic heterocycles. The molecule has 0 amide bonds. The maximum atomic E-state index is 10.8. The van der Waals surface area contributed by atoms with Crippen molar-refractivity contribution in [2.45, 2.75) is 37.4 Å². The Morgan fingerprint density at radius 1 is 1.45 bits per heavy atom. The van der Waals surface area contributed by atoms with Crippen molar-refractivity contribution in [3.05, 3.63) is 0 Å². The Morgan fingerprint density at radius 2 is 2.18 bits per heavy atom. The molecule has 1 unspecified atom stereocenters. The lowest BCUT2D eigenvalue weighted by molar-refractivity contribution is -0.139. The third-order valence-electron chi connectivity index (χ3n) is 2.17. The van der Waals surface area contributed by atoms with Gasteiger partial charge in [0.15, 0.2) is 0 Å². The Balaban J connectivity index is 2.59. The van der Waals surface area contributed by atoms with E-state index in [2.05, 4.69) is 0 Å². The molecule has 0 aromatic rings. The van der Waals surface area contributed by atoms with Gasteiger partial charge in [-0.3, -0.25) is 4.79 Å². The molecule has 1 saturated heterocycles. The SMILES string of the molecule is CC1(C(=O)O)CCCCCS1. The molecule has 0 bridgehead atoms. The predicted molar refractivity (Wildman–Crippen MR) is 47.0 cm³/mol. The Kier molecular flexibility index (Phi) is 2.82. The number of hydrogen-bond donors (Lipinski definition) is 1. The summed E-state index contributed by atoms with van der Waals surface area (Å²) in [5, 5.41) is 8.90. The van der Waals surface area contributed by atoms with E-state index in [4.69, 9.17) is 5.11 Å². The highest BCUT2D eigenvalue weighted by Gasteiger charge is 2.33. The third-order valence-corrected chi connectivity index (χ3v) is 3.68. The van der Waals surface area contributed by atoms with E-state index in [0.717, 1.165) is 18.6 Å². The van der Waals surface area contributed by atoms with Gasteiger partial charge in [-0.2, -0.15) is 0 Å². The van der Waals surface area contributed by atoms with Crippen molar-refractivity contribution < 1.29 is 9.90 Å². The average molecular weight is 174 g/mol. The smallest absolute Gasteiger partial charge is 0.319 e. The van der Waals surface area contributed by atoms with Gasteiger partial charge in [0.2, 0.25) is 0 Å². The first kappa shape index (κ1) is 8.91. The molecule has 1 N–H and O–H groups in total. The van der Waals surface area contributed by atoms with Crippen molar-refractivity contribution in [1.82, 2.24) is 0 Å². The molecule has 2 nitrogen and oxygen atoms in total. The van der Waals surface area contributed by atoms with E-state index < -0.39 is 10.7 Å². The average Bonchev–Trinajstić information content (AvgIpc) is 2.15. The number of carboxylic acid groups (broad SMARTS) is 1. The van der Waals surface area contributed by atoms with Gasteiger partial charge in [0.1, 0.15) is 4.75 Å². The Labute approximate surface area is 71.4 Å². The van der Waals surface area contributed by atoms with Crippen LogP contribution in [0.5, 0.6) is 0 Å². The van der Waals surface area contributed by atoms with Crippen molar-refractivity contribution in [1.29, 1.82) is 0 Å². The molecule has 1 fully saturated rings. The summed E-state index contributed by atoms with van der Waals surface area (Å²) in [5.41, 5.74) is 0. The van der Waals surface area contributed by atoms with Crippen molar-refractivity contribution in [3.8, 4) is 0 Å². The van der Waals surface area contributed by atoms with Crippen molar-refractivity contribution in [3.63, 3.8) is 0 Å². The van der Waals surface area contributed by atoms with Crippen LogP contribution in [-0.2, 0) is 4.79 Å². The van der Waals surface area contributed by atoms with E-state index in [1.165, 1.54) is 12.8 Å². The lowest BCUT2D eigenvalue weighted by Gasteiger charge is -2.21. The summed E-state index contributed by atoms with van der Waals surface area (Å²) in [6, 6.07) is 0. The zero-order valence-electron chi connectivity index (χ0n) is 6.80. The molecule has 64 valence electrons. The minimum Gasteiger partial charge on any atom is -0.480 e. The Bertz CT molecular complexity index is 148. The van der Waals surface area contributed by atoms with Crippen LogP contribution in [0.2, 0.25) is 0 Å². The number of carboxylic acids is 1. The lowest BCUT2D eigenvalue weighted by Crippen LogP contribution is -2.30. The van der Waals surface area contributed by atoms with Gasteiger partial charge in [-0.05, 0) is 25.5 Å². The van der Waals surface area contributed by atoms with Gasteiger partial charge in [0, 0.05) is 0 Å². The fraction of sp³-hybridized carbons (Fsp3) is 0.875. The van der Waals surface area contributed by atoms with Crippen molar-refractivity contribution in [2.24, 2.45) is 0 Å². The fourth-order valence-electron chi connectivity index (χ4n) is 1.28. The monoisotopic (exact) mass is 174 g/mol. The number of aliphatic carboxylic acids is 1. The highest BCUT2D eigenvalue weighted by molar-refractivity contribution is 8.01. The number of rotatable bonds is 1. The molecule has 1 heterocycles.